The Morgan fingerprint density at radius 3 is 2.42 bits per heavy atom. The van der Waals surface area contributed by atoms with Crippen LogP contribution < -0.4 is 4.74 Å². The molecule has 38 heavy (non-hydrogen) atoms. The van der Waals surface area contributed by atoms with E-state index in [0.29, 0.717) is 41.6 Å². The van der Waals surface area contributed by atoms with Crippen LogP contribution in [-0.4, -0.2) is 52.2 Å². The molecule has 0 aromatic heterocycles. The van der Waals surface area contributed by atoms with Crippen molar-refractivity contribution in [2.24, 2.45) is 5.41 Å². The lowest BCUT2D eigenvalue weighted by Gasteiger charge is -2.37. The van der Waals surface area contributed by atoms with Crippen molar-refractivity contribution < 1.29 is 24.9 Å². The topological polar surface area (TPSA) is 90.2 Å². The summed E-state index contributed by atoms with van der Waals surface area (Å²) in [6, 6.07) is 16.0. The summed E-state index contributed by atoms with van der Waals surface area (Å²) in [4.78, 5) is 15.5. The minimum Gasteiger partial charge on any atom is -0.508 e. The van der Waals surface area contributed by atoms with Crippen LogP contribution >= 0.6 is 0 Å². The van der Waals surface area contributed by atoms with Crippen molar-refractivity contribution in [2.75, 3.05) is 26.2 Å². The number of ether oxygens (including phenoxy) is 1. The summed E-state index contributed by atoms with van der Waals surface area (Å²) < 4.78 is 6.01. The highest BCUT2D eigenvalue weighted by Crippen LogP contribution is 2.42. The molecular weight excluding hydrogens is 478 g/mol. The Hall–Kier alpha value is -3.51. The number of hydrogen-bond acceptors (Lipinski definition) is 6. The second-order valence-corrected chi connectivity index (χ2v) is 11.6. The highest BCUT2D eigenvalue weighted by atomic mass is 16.5. The maximum Gasteiger partial charge on any atom is 0.167 e. The Labute approximate surface area is 224 Å². The first-order chi connectivity index (χ1) is 18.2. The van der Waals surface area contributed by atoms with E-state index in [-0.39, 0.29) is 35.4 Å². The average molecular weight is 516 g/mol. The third kappa shape index (κ3) is 5.81. The van der Waals surface area contributed by atoms with E-state index in [9.17, 15) is 20.1 Å². The number of carbonyl (C=O) groups is 1. The van der Waals surface area contributed by atoms with E-state index in [1.807, 2.05) is 36.4 Å². The van der Waals surface area contributed by atoms with Gasteiger partial charge in [-0.05, 0) is 78.1 Å². The summed E-state index contributed by atoms with van der Waals surface area (Å²) in [5, 5.41) is 30.9. The van der Waals surface area contributed by atoms with Gasteiger partial charge >= 0.3 is 0 Å². The minimum atomic E-state index is -0.170. The first kappa shape index (κ1) is 26.1. The number of fused-ring (bicyclic) bond motifs is 1. The fourth-order valence-corrected chi connectivity index (χ4v) is 6.04. The first-order valence-corrected chi connectivity index (χ1v) is 13.5. The zero-order chi connectivity index (χ0) is 26.9. The number of hydrogen-bond donors (Lipinski definition) is 3. The van der Waals surface area contributed by atoms with Crippen LogP contribution in [0.4, 0.5) is 0 Å². The number of likely N-dealkylation sites (tertiary alicyclic amines) is 1. The quantitative estimate of drug-likeness (QED) is 0.368. The molecule has 6 heteroatoms. The number of benzene rings is 3. The van der Waals surface area contributed by atoms with E-state index in [2.05, 4.69) is 18.7 Å². The molecule has 0 radical (unpaired) electrons. The number of nitrogens with zero attached hydrogens (tertiary/aromatic N) is 1. The lowest BCUT2D eigenvalue weighted by Crippen LogP contribution is -2.41. The molecule has 1 aliphatic heterocycles. The van der Waals surface area contributed by atoms with E-state index >= 15 is 0 Å². The molecule has 0 bridgehead atoms. The SMILES string of the molecule is CC1(C)CCCN(CCOc2ccc(Cc3c(O)cc(O)c4c3CC(c3ccc(O)cc3)CC4=O)cc2)C1. The molecule has 3 N–H and O–H groups in total. The van der Waals surface area contributed by atoms with Gasteiger partial charge in [0.2, 0.25) is 0 Å². The Kier molecular flexibility index (Phi) is 7.35. The van der Waals surface area contributed by atoms with Crippen LogP contribution in [0.3, 0.4) is 0 Å². The second-order valence-electron chi connectivity index (χ2n) is 11.6. The van der Waals surface area contributed by atoms with Gasteiger partial charge in [0.05, 0.1) is 5.56 Å². The Bertz CT molecular complexity index is 1300. The van der Waals surface area contributed by atoms with Gasteiger partial charge in [-0.3, -0.25) is 9.69 Å². The summed E-state index contributed by atoms with van der Waals surface area (Å²) in [7, 11) is 0. The van der Waals surface area contributed by atoms with Gasteiger partial charge in [0.15, 0.2) is 5.78 Å². The molecule has 200 valence electrons. The molecule has 0 spiro atoms. The van der Waals surface area contributed by atoms with E-state index in [0.717, 1.165) is 36.5 Å². The van der Waals surface area contributed by atoms with Crippen LogP contribution in [0.5, 0.6) is 23.0 Å². The van der Waals surface area contributed by atoms with Crippen molar-refractivity contribution in [3.8, 4) is 23.0 Å². The molecule has 0 amide bonds. The van der Waals surface area contributed by atoms with Crippen molar-refractivity contribution in [1.29, 1.82) is 0 Å². The molecule has 1 saturated heterocycles. The zero-order valence-electron chi connectivity index (χ0n) is 22.2. The maximum absolute atomic E-state index is 13.1. The summed E-state index contributed by atoms with van der Waals surface area (Å²) in [5.41, 5.74) is 3.97. The molecule has 0 saturated carbocycles. The van der Waals surface area contributed by atoms with E-state index in [1.54, 1.807) is 12.1 Å². The fourth-order valence-electron chi connectivity index (χ4n) is 6.04. The van der Waals surface area contributed by atoms with Crippen molar-refractivity contribution in [1.82, 2.24) is 4.90 Å². The third-order valence-electron chi connectivity index (χ3n) is 7.99. The van der Waals surface area contributed by atoms with Crippen LogP contribution in [0.25, 0.3) is 0 Å². The van der Waals surface area contributed by atoms with Gasteiger partial charge in [-0.2, -0.15) is 0 Å². The van der Waals surface area contributed by atoms with Gasteiger partial charge in [0.25, 0.3) is 0 Å². The molecule has 6 nitrogen and oxygen atoms in total. The van der Waals surface area contributed by atoms with Gasteiger partial charge in [-0.1, -0.05) is 38.1 Å². The monoisotopic (exact) mass is 515 g/mol. The number of rotatable bonds is 7. The van der Waals surface area contributed by atoms with Gasteiger partial charge in [-0.25, -0.2) is 0 Å². The summed E-state index contributed by atoms with van der Waals surface area (Å²) >= 11 is 0. The molecule has 1 aliphatic carbocycles. The molecule has 1 fully saturated rings. The Morgan fingerprint density at radius 1 is 0.974 bits per heavy atom. The number of piperidine rings is 1. The molecule has 1 heterocycles. The van der Waals surface area contributed by atoms with Crippen LogP contribution in [0.15, 0.2) is 54.6 Å². The van der Waals surface area contributed by atoms with Gasteiger partial charge in [0.1, 0.15) is 29.6 Å². The first-order valence-electron chi connectivity index (χ1n) is 13.5. The second kappa shape index (κ2) is 10.7. The molecule has 3 aromatic carbocycles. The third-order valence-corrected chi connectivity index (χ3v) is 7.99. The number of phenols is 3. The fraction of sp³-hybridized carbons (Fsp3) is 0.406. The van der Waals surface area contributed by atoms with Crippen molar-refractivity contribution in [2.45, 2.75) is 51.9 Å². The largest absolute Gasteiger partial charge is 0.508 e. The van der Waals surface area contributed by atoms with Gasteiger partial charge in [-0.15, -0.1) is 0 Å². The van der Waals surface area contributed by atoms with Crippen molar-refractivity contribution in [3.05, 3.63) is 82.4 Å². The summed E-state index contributed by atoms with van der Waals surface area (Å²) in [6.07, 6.45) is 3.75. The lowest BCUT2D eigenvalue weighted by atomic mass is 9.76. The maximum atomic E-state index is 13.1. The highest BCUT2D eigenvalue weighted by molar-refractivity contribution is 6.02. The highest BCUT2D eigenvalue weighted by Gasteiger charge is 2.32. The summed E-state index contributed by atoms with van der Waals surface area (Å²) in [5.74, 6) is 0.585. The summed E-state index contributed by atoms with van der Waals surface area (Å²) in [6.45, 7) is 8.43. The van der Waals surface area contributed by atoms with Crippen LogP contribution in [-0.2, 0) is 12.8 Å². The molecule has 5 rings (SSSR count). The minimum absolute atomic E-state index is 0.00908. The van der Waals surface area contributed by atoms with Crippen LogP contribution in [0.1, 0.15) is 71.6 Å². The molecular formula is C32H37NO5. The van der Waals surface area contributed by atoms with Gasteiger partial charge in [0, 0.05) is 37.6 Å². The number of Topliss-reactive ketones (excluding diaryl/α,β-unsaturated/α-hetero) is 1. The predicted molar refractivity (Wildman–Crippen MR) is 147 cm³/mol. The van der Waals surface area contributed by atoms with E-state index < -0.39 is 0 Å². The zero-order valence-corrected chi connectivity index (χ0v) is 22.2. The number of carbonyl (C=O) groups excluding carboxylic acids is 1. The molecule has 1 atom stereocenters. The van der Waals surface area contributed by atoms with E-state index in [4.69, 9.17) is 4.74 Å². The Morgan fingerprint density at radius 2 is 1.71 bits per heavy atom. The molecule has 3 aromatic rings. The van der Waals surface area contributed by atoms with Crippen molar-refractivity contribution in [3.63, 3.8) is 0 Å². The lowest BCUT2D eigenvalue weighted by molar-refractivity contribution is 0.0960. The number of phenolic OH excluding ortho intramolecular Hbond substituents is 3. The number of ketones is 1. The standard InChI is InChI=1S/C32H37NO5/c1-32(2)12-3-13-33(20-32)14-15-38-25-10-4-21(5-11-25)16-26-27-17-23(22-6-8-24(34)9-7-22)18-29(36)31(27)30(37)19-28(26)35/h4-11,19,23,34-35,37H,3,12-18,20H2,1-2H3. The Balaban J connectivity index is 1.29. The van der Waals surface area contributed by atoms with Crippen LogP contribution in [0.2, 0.25) is 0 Å². The van der Waals surface area contributed by atoms with Gasteiger partial charge < -0.3 is 20.1 Å². The predicted octanol–water partition coefficient (Wildman–Crippen LogP) is 5.81. The smallest absolute Gasteiger partial charge is 0.167 e. The average Bonchev–Trinajstić information content (AvgIpc) is 2.87. The molecule has 1 unspecified atom stereocenters. The number of aromatic hydroxyl groups is 3. The van der Waals surface area contributed by atoms with Crippen LogP contribution in [0, 0.1) is 5.41 Å². The van der Waals surface area contributed by atoms with Crippen molar-refractivity contribution >= 4 is 5.78 Å². The van der Waals surface area contributed by atoms with E-state index in [1.165, 1.54) is 18.9 Å². The normalized spacial score (nSPS) is 19.2. The molecule has 2 aliphatic rings.